The first-order valence-electron chi connectivity index (χ1n) is 9.71. The Balaban J connectivity index is 0.00000300. The number of carbonyl (C=O) groups excluding carboxylic acids is 2. The third-order valence-corrected chi connectivity index (χ3v) is 4.85. The average Bonchev–Trinajstić information content (AvgIpc) is 2.74. The first-order chi connectivity index (χ1) is 13.7. The number of likely N-dealkylation sites (tertiary alicyclic amines) is 1. The van der Waals surface area contributed by atoms with Crippen LogP contribution in [0.25, 0.3) is 0 Å². The predicted molar refractivity (Wildman–Crippen MR) is 116 cm³/mol. The summed E-state index contributed by atoms with van der Waals surface area (Å²) in [7, 11) is 0. The molecule has 2 aromatic carbocycles. The van der Waals surface area contributed by atoms with Gasteiger partial charge in [-0.1, -0.05) is 30.3 Å². The van der Waals surface area contributed by atoms with Crippen LogP contribution in [-0.2, 0) is 16.0 Å². The molecule has 1 aliphatic heterocycles. The fraction of sp³-hybridized carbons (Fsp3) is 0.364. The number of halogens is 1. The summed E-state index contributed by atoms with van der Waals surface area (Å²) >= 11 is 0. The minimum absolute atomic E-state index is 0. The van der Waals surface area contributed by atoms with Crippen LogP contribution in [0.15, 0.2) is 54.6 Å². The SMILES string of the molecule is Cl.NCCOc1ccc(NC(=O)C2CCCN(C(=O)Cc3ccccc3)C2)cc1. The second kappa shape index (κ2) is 11.4. The molecule has 29 heavy (non-hydrogen) atoms. The molecule has 1 saturated heterocycles. The Morgan fingerprint density at radius 3 is 2.52 bits per heavy atom. The highest BCUT2D eigenvalue weighted by molar-refractivity contribution is 5.93. The number of nitrogens with one attached hydrogen (secondary N) is 1. The Hall–Kier alpha value is -2.57. The topological polar surface area (TPSA) is 84.7 Å². The lowest BCUT2D eigenvalue weighted by Gasteiger charge is -2.32. The molecule has 3 N–H and O–H groups in total. The predicted octanol–water partition coefficient (Wildman–Crippen LogP) is 2.87. The van der Waals surface area contributed by atoms with Crippen LogP contribution in [0.1, 0.15) is 18.4 Å². The highest BCUT2D eigenvalue weighted by Crippen LogP contribution is 2.21. The zero-order chi connectivity index (χ0) is 19.8. The van der Waals surface area contributed by atoms with E-state index >= 15 is 0 Å². The summed E-state index contributed by atoms with van der Waals surface area (Å²) in [6, 6.07) is 16.9. The van der Waals surface area contributed by atoms with Gasteiger partial charge in [-0.2, -0.15) is 0 Å². The summed E-state index contributed by atoms with van der Waals surface area (Å²) in [5, 5.41) is 2.95. The van der Waals surface area contributed by atoms with E-state index in [4.69, 9.17) is 10.5 Å². The molecule has 0 bridgehead atoms. The lowest BCUT2D eigenvalue weighted by molar-refractivity contribution is -0.133. The van der Waals surface area contributed by atoms with E-state index in [1.807, 2.05) is 59.5 Å². The monoisotopic (exact) mass is 417 g/mol. The van der Waals surface area contributed by atoms with Crippen molar-refractivity contribution in [3.63, 3.8) is 0 Å². The molecule has 3 rings (SSSR count). The Labute approximate surface area is 177 Å². The number of ether oxygens (including phenoxy) is 1. The number of piperidine rings is 1. The van der Waals surface area contributed by atoms with Crippen molar-refractivity contribution in [3.05, 3.63) is 60.2 Å². The number of amides is 2. The van der Waals surface area contributed by atoms with Crippen molar-refractivity contribution in [3.8, 4) is 5.75 Å². The lowest BCUT2D eigenvalue weighted by atomic mass is 9.96. The van der Waals surface area contributed by atoms with E-state index in [-0.39, 0.29) is 30.1 Å². The first kappa shape index (κ1) is 22.7. The van der Waals surface area contributed by atoms with Gasteiger partial charge in [-0.05, 0) is 42.7 Å². The van der Waals surface area contributed by atoms with Gasteiger partial charge in [0.2, 0.25) is 11.8 Å². The van der Waals surface area contributed by atoms with E-state index in [0.717, 1.165) is 29.8 Å². The molecule has 0 aromatic heterocycles. The maximum atomic E-state index is 12.7. The third kappa shape index (κ3) is 6.76. The number of nitrogens with two attached hydrogens (primary N) is 1. The van der Waals surface area contributed by atoms with Crippen LogP contribution < -0.4 is 15.8 Å². The molecular formula is C22H28ClN3O3. The van der Waals surface area contributed by atoms with Gasteiger partial charge in [0.1, 0.15) is 12.4 Å². The van der Waals surface area contributed by atoms with Crippen LogP contribution in [0.3, 0.4) is 0 Å². The number of hydrogen-bond donors (Lipinski definition) is 2. The van der Waals surface area contributed by atoms with Gasteiger partial charge in [0.15, 0.2) is 0 Å². The standard InChI is InChI=1S/C22H27N3O3.ClH/c23-12-14-28-20-10-8-19(9-11-20)24-22(27)18-7-4-13-25(16-18)21(26)15-17-5-2-1-3-6-17;/h1-3,5-6,8-11,18H,4,7,12-16,23H2,(H,24,27);1H. The summed E-state index contributed by atoms with van der Waals surface area (Å²) in [6.07, 6.45) is 2.00. The van der Waals surface area contributed by atoms with Gasteiger partial charge in [-0.15, -0.1) is 12.4 Å². The largest absolute Gasteiger partial charge is 0.492 e. The van der Waals surface area contributed by atoms with E-state index in [2.05, 4.69) is 5.32 Å². The van der Waals surface area contributed by atoms with Crippen LogP contribution in [-0.4, -0.2) is 43.0 Å². The van der Waals surface area contributed by atoms with Crippen molar-refractivity contribution in [2.45, 2.75) is 19.3 Å². The molecule has 0 radical (unpaired) electrons. The van der Waals surface area contributed by atoms with Gasteiger partial charge < -0.3 is 20.7 Å². The molecule has 1 heterocycles. The maximum absolute atomic E-state index is 12.7. The number of hydrogen-bond acceptors (Lipinski definition) is 4. The smallest absolute Gasteiger partial charge is 0.229 e. The van der Waals surface area contributed by atoms with E-state index in [1.165, 1.54) is 0 Å². The van der Waals surface area contributed by atoms with Crippen LogP contribution >= 0.6 is 12.4 Å². The third-order valence-electron chi connectivity index (χ3n) is 4.85. The van der Waals surface area contributed by atoms with E-state index in [9.17, 15) is 9.59 Å². The van der Waals surface area contributed by atoms with Gasteiger partial charge in [-0.3, -0.25) is 9.59 Å². The van der Waals surface area contributed by atoms with Crippen LogP contribution in [0.5, 0.6) is 5.75 Å². The molecule has 0 saturated carbocycles. The Kier molecular flexibility index (Phi) is 8.96. The summed E-state index contributed by atoms with van der Waals surface area (Å²) in [5.74, 6) is 0.554. The molecule has 2 aromatic rings. The van der Waals surface area contributed by atoms with Crippen LogP contribution in [0.4, 0.5) is 5.69 Å². The van der Waals surface area contributed by atoms with Gasteiger partial charge in [-0.25, -0.2) is 0 Å². The van der Waals surface area contributed by atoms with Crippen molar-refractivity contribution in [2.24, 2.45) is 11.7 Å². The van der Waals surface area contributed by atoms with Gasteiger partial charge >= 0.3 is 0 Å². The quantitative estimate of drug-likeness (QED) is 0.725. The number of carbonyl (C=O) groups is 2. The normalized spacial score (nSPS) is 15.9. The summed E-state index contributed by atoms with van der Waals surface area (Å²) in [4.78, 5) is 27.1. The van der Waals surface area contributed by atoms with Gasteiger partial charge in [0.25, 0.3) is 0 Å². The van der Waals surface area contributed by atoms with Crippen molar-refractivity contribution in [2.75, 3.05) is 31.6 Å². The van der Waals surface area contributed by atoms with Crippen molar-refractivity contribution in [1.82, 2.24) is 4.90 Å². The molecule has 6 nitrogen and oxygen atoms in total. The first-order valence-corrected chi connectivity index (χ1v) is 9.71. The number of anilines is 1. The van der Waals surface area contributed by atoms with E-state index in [1.54, 1.807) is 0 Å². The second-order valence-corrected chi connectivity index (χ2v) is 6.99. The zero-order valence-electron chi connectivity index (χ0n) is 16.4. The summed E-state index contributed by atoms with van der Waals surface area (Å²) in [5.41, 5.74) is 7.14. The van der Waals surface area contributed by atoms with Gasteiger partial charge in [0.05, 0.1) is 12.3 Å². The number of benzene rings is 2. The fourth-order valence-electron chi connectivity index (χ4n) is 3.36. The van der Waals surface area contributed by atoms with Crippen molar-refractivity contribution < 1.29 is 14.3 Å². The minimum atomic E-state index is -0.193. The molecule has 0 spiro atoms. The van der Waals surface area contributed by atoms with Crippen molar-refractivity contribution in [1.29, 1.82) is 0 Å². The Bertz CT molecular complexity index is 784. The Morgan fingerprint density at radius 2 is 1.83 bits per heavy atom. The molecule has 1 atom stereocenters. The summed E-state index contributed by atoms with van der Waals surface area (Å²) in [6.45, 7) is 2.10. The molecule has 1 fully saturated rings. The molecule has 1 aliphatic rings. The molecule has 7 heteroatoms. The lowest BCUT2D eigenvalue weighted by Crippen LogP contribution is -2.44. The van der Waals surface area contributed by atoms with Crippen LogP contribution in [0, 0.1) is 5.92 Å². The Morgan fingerprint density at radius 1 is 1.10 bits per heavy atom. The molecular weight excluding hydrogens is 390 g/mol. The van der Waals surface area contributed by atoms with Gasteiger partial charge in [0, 0.05) is 25.3 Å². The van der Waals surface area contributed by atoms with E-state index in [0.29, 0.717) is 32.7 Å². The van der Waals surface area contributed by atoms with Crippen LogP contribution in [0.2, 0.25) is 0 Å². The minimum Gasteiger partial charge on any atom is -0.492 e. The zero-order valence-corrected chi connectivity index (χ0v) is 17.2. The maximum Gasteiger partial charge on any atom is 0.229 e. The molecule has 2 amide bonds. The van der Waals surface area contributed by atoms with E-state index < -0.39 is 0 Å². The molecule has 1 unspecified atom stereocenters. The number of rotatable bonds is 7. The average molecular weight is 418 g/mol. The fourth-order valence-corrected chi connectivity index (χ4v) is 3.36. The second-order valence-electron chi connectivity index (χ2n) is 6.99. The van der Waals surface area contributed by atoms with Crippen molar-refractivity contribution >= 4 is 29.9 Å². The highest BCUT2D eigenvalue weighted by atomic mass is 35.5. The molecule has 0 aliphatic carbocycles. The highest BCUT2D eigenvalue weighted by Gasteiger charge is 2.28. The summed E-state index contributed by atoms with van der Waals surface area (Å²) < 4.78 is 5.44. The molecule has 156 valence electrons. The number of nitrogens with zero attached hydrogens (tertiary/aromatic N) is 1.